The topological polar surface area (TPSA) is 78.9 Å². The lowest BCUT2D eigenvalue weighted by Crippen LogP contribution is -2.12. The summed E-state index contributed by atoms with van der Waals surface area (Å²) in [6.45, 7) is 0.644. The summed E-state index contributed by atoms with van der Waals surface area (Å²) in [5, 5.41) is 12.2. The molecule has 84 valence electrons. The molecule has 0 spiro atoms. The van der Waals surface area contributed by atoms with Crippen LogP contribution >= 0.6 is 11.6 Å². The minimum absolute atomic E-state index is 0.306. The quantitative estimate of drug-likeness (QED) is 0.768. The first-order valence-electron chi connectivity index (χ1n) is 4.85. The largest absolute Gasteiger partial charge is 0.385 e. The first-order chi connectivity index (χ1) is 7.63. The number of benzene rings is 1. The first-order valence-corrected chi connectivity index (χ1v) is 5.23. The van der Waals surface area contributed by atoms with Crippen LogP contribution in [0.4, 0.5) is 5.69 Å². The van der Waals surface area contributed by atoms with E-state index in [1.165, 1.54) is 0 Å². The van der Waals surface area contributed by atoms with Crippen LogP contribution in [0.5, 0.6) is 0 Å². The standard InChI is InChI=1S/C11H12ClN3O/c12-10-6-9(4-3-8(10)7-13)15-5-1-2-11(14)16/h3-4,6,15H,1-2,5H2,(H2,14,16). The molecular weight excluding hydrogens is 226 g/mol. The van der Waals surface area contributed by atoms with Crippen LogP contribution in [0.2, 0.25) is 5.02 Å². The molecule has 0 saturated carbocycles. The summed E-state index contributed by atoms with van der Waals surface area (Å²) < 4.78 is 0. The van der Waals surface area contributed by atoms with Crippen LogP contribution in [0.1, 0.15) is 18.4 Å². The lowest BCUT2D eigenvalue weighted by Gasteiger charge is -2.06. The van der Waals surface area contributed by atoms with Gasteiger partial charge >= 0.3 is 0 Å². The molecule has 16 heavy (non-hydrogen) atoms. The zero-order valence-electron chi connectivity index (χ0n) is 8.66. The SMILES string of the molecule is N#Cc1ccc(NCCCC(N)=O)cc1Cl. The summed E-state index contributed by atoms with van der Waals surface area (Å²) in [5.74, 6) is -0.306. The highest BCUT2D eigenvalue weighted by molar-refractivity contribution is 6.32. The number of nitrogens with two attached hydrogens (primary N) is 1. The van der Waals surface area contributed by atoms with Crippen molar-refractivity contribution in [3.8, 4) is 6.07 Å². The van der Waals surface area contributed by atoms with Crippen LogP contribution in [0.15, 0.2) is 18.2 Å². The van der Waals surface area contributed by atoms with Gasteiger partial charge in [-0.2, -0.15) is 5.26 Å². The summed E-state index contributed by atoms with van der Waals surface area (Å²) in [6, 6.07) is 7.09. The molecule has 0 unspecified atom stereocenters. The van der Waals surface area contributed by atoms with Gasteiger partial charge in [-0.25, -0.2) is 0 Å². The van der Waals surface area contributed by atoms with Gasteiger partial charge in [0.15, 0.2) is 0 Å². The maximum Gasteiger partial charge on any atom is 0.217 e. The van der Waals surface area contributed by atoms with Crippen LogP contribution < -0.4 is 11.1 Å². The number of rotatable bonds is 5. The molecule has 4 nitrogen and oxygen atoms in total. The fraction of sp³-hybridized carbons (Fsp3) is 0.273. The van der Waals surface area contributed by atoms with Crippen LogP contribution in [-0.2, 0) is 4.79 Å². The number of nitrogens with zero attached hydrogens (tertiary/aromatic N) is 1. The number of halogens is 1. The van der Waals surface area contributed by atoms with E-state index in [0.29, 0.717) is 30.0 Å². The molecule has 5 heteroatoms. The molecule has 0 fully saturated rings. The molecule has 0 bridgehead atoms. The van der Waals surface area contributed by atoms with Gasteiger partial charge in [-0.3, -0.25) is 4.79 Å². The highest BCUT2D eigenvalue weighted by Gasteiger charge is 2.00. The van der Waals surface area contributed by atoms with Crippen molar-refractivity contribution in [3.63, 3.8) is 0 Å². The molecule has 1 amide bonds. The van der Waals surface area contributed by atoms with E-state index < -0.39 is 0 Å². The van der Waals surface area contributed by atoms with Crippen molar-refractivity contribution in [3.05, 3.63) is 28.8 Å². The van der Waals surface area contributed by atoms with E-state index in [4.69, 9.17) is 22.6 Å². The summed E-state index contributed by atoms with van der Waals surface area (Å²) in [7, 11) is 0. The fourth-order valence-corrected chi connectivity index (χ4v) is 1.43. The van der Waals surface area contributed by atoms with Crippen molar-refractivity contribution in [1.29, 1.82) is 5.26 Å². The van der Waals surface area contributed by atoms with Gasteiger partial charge in [-0.1, -0.05) is 11.6 Å². The first kappa shape index (κ1) is 12.3. The highest BCUT2D eigenvalue weighted by atomic mass is 35.5. The molecule has 0 aliphatic rings. The average molecular weight is 238 g/mol. The number of hydrogen-bond acceptors (Lipinski definition) is 3. The molecule has 3 N–H and O–H groups in total. The zero-order chi connectivity index (χ0) is 12.0. The van der Waals surface area contributed by atoms with E-state index in [0.717, 1.165) is 5.69 Å². The number of carbonyl (C=O) groups is 1. The lowest BCUT2D eigenvalue weighted by molar-refractivity contribution is -0.118. The number of nitriles is 1. The van der Waals surface area contributed by atoms with Gasteiger partial charge < -0.3 is 11.1 Å². The van der Waals surface area contributed by atoms with E-state index in [9.17, 15) is 4.79 Å². The summed E-state index contributed by atoms with van der Waals surface area (Å²) in [4.78, 5) is 10.5. The number of primary amides is 1. The van der Waals surface area contributed by atoms with Crippen molar-refractivity contribution in [2.75, 3.05) is 11.9 Å². The molecule has 1 rings (SSSR count). The second-order valence-electron chi connectivity index (χ2n) is 3.30. The molecule has 0 aromatic heterocycles. The van der Waals surface area contributed by atoms with Gasteiger partial charge in [0.1, 0.15) is 6.07 Å². The Hall–Kier alpha value is -1.73. The molecule has 0 aliphatic carbocycles. The summed E-state index contributed by atoms with van der Waals surface area (Å²) in [6.07, 6.45) is 1.03. The minimum atomic E-state index is -0.306. The number of anilines is 1. The van der Waals surface area contributed by atoms with Gasteiger partial charge in [0.05, 0.1) is 10.6 Å². The third kappa shape index (κ3) is 3.79. The van der Waals surface area contributed by atoms with Gasteiger partial charge in [0, 0.05) is 18.7 Å². The third-order valence-electron chi connectivity index (χ3n) is 2.02. The van der Waals surface area contributed by atoms with Crippen molar-refractivity contribution in [1.82, 2.24) is 0 Å². The lowest BCUT2D eigenvalue weighted by atomic mass is 10.2. The Kier molecular flexibility index (Phi) is 4.62. The molecular formula is C11H12ClN3O. The summed E-state index contributed by atoms with van der Waals surface area (Å²) >= 11 is 5.86. The maximum absolute atomic E-state index is 10.5. The smallest absolute Gasteiger partial charge is 0.217 e. The number of amides is 1. The molecule has 0 atom stereocenters. The second kappa shape index (κ2) is 5.99. The monoisotopic (exact) mass is 237 g/mol. The molecule has 0 heterocycles. The Morgan fingerprint density at radius 3 is 2.88 bits per heavy atom. The minimum Gasteiger partial charge on any atom is -0.385 e. The Balaban J connectivity index is 2.47. The van der Waals surface area contributed by atoms with Gasteiger partial charge in [-0.05, 0) is 24.6 Å². The van der Waals surface area contributed by atoms with Crippen molar-refractivity contribution >= 4 is 23.2 Å². The van der Waals surface area contributed by atoms with Crippen molar-refractivity contribution in [2.24, 2.45) is 5.73 Å². The Bertz CT molecular complexity index is 426. The Morgan fingerprint density at radius 1 is 1.56 bits per heavy atom. The van der Waals surface area contributed by atoms with Gasteiger partial charge in [0.2, 0.25) is 5.91 Å². The predicted molar refractivity (Wildman–Crippen MR) is 63.1 cm³/mol. The van der Waals surface area contributed by atoms with E-state index >= 15 is 0 Å². The van der Waals surface area contributed by atoms with Crippen LogP contribution in [0, 0.1) is 11.3 Å². The summed E-state index contributed by atoms with van der Waals surface area (Å²) in [5.41, 5.74) is 6.29. The molecule has 0 radical (unpaired) electrons. The molecule has 1 aromatic carbocycles. The molecule has 0 saturated heterocycles. The van der Waals surface area contributed by atoms with E-state index in [-0.39, 0.29) is 5.91 Å². The second-order valence-corrected chi connectivity index (χ2v) is 3.71. The molecule has 1 aromatic rings. The van der Waals surface area contributed by atoms with Crippen LogP contribution in [0.25, 0.3) is 0 Å². The van der Waals surface area contributed by atoms with E-state index in [2.05, 4.69) is 5.32 Å². The number of hydrogen-bond donors (Lipinski definition) is 2. The Labute approximate surface area is 99.0 Å². The maximum atomic E-state index is 10.5. The van der Waals surface area contributed by atoms with E-state index in [1.807, 2.05) is 6.07 Å². The van der Waals surface area contributed by atoms with Gasteiger partial charge in [-0.15, -0.1) is 0 Å². The zero-order valence-corrected chi connectivity index (χ0v) is 9.42. The van der Waals surface area contributed by atoms with E-state index in [1.54, 1.807) is 18.2 Å². The average Bonchev–Trinajstić information content (AvgIpc) is 2.24. The Morgan fingerprint density at radius 2 is 2.31 bits per heavy atom. The van der Waals surface area contributed by atoms with Crippen LogP contribution in [0.3, 0.4) is 0 Å². The number of nitrogens with one attached hydrogen (secondary N) is 1. The van der Waals surface area contributed by atoms with Crippen molar-refractivity contribution in [2.45, 2.75) is 12.8 Å². The third-order valence-corrected chi connectivity index (χ3v) is 2.33. The number of carbonyl (C=O) groups excluding carboxylic acids is 1. The van der Waals surface area contributed by atoms with Gasteiger partial charge in [0.25, 0.3) is 0 Å². The predicted octanol–water partition coefficient (Wildman–Crippen LogP) is 1.89. The van der Waals surface area contributed by atoms with Crippen molar-refractivity contribution < 1.29 is 4.79 Å². The molecule has 0 aliphatic heterocycles. The van der Waals surface area contributed by atoms with Crippen LogP contribution in [-0.4, -0.2) is 12.5 Å². The fourth-order valence-electron chi connectivity index (χ4n) is 1.21. The highest BCUT2D eigenvalue weighted by Crippen LogP contribution is 2.20. The normalized spacial score (nSPS) is 9.50.